The molecular weight excluding hydrogens is 412 g/mol. The number of pyridine rings is 3. The summed E-state index contributed by atoms with van der Waals surface area (Å²) in [5, 5.41) is 8.58. The molecule has 0 radical (unpaired) electrons. The largest absolute Gasteiger partial charge is 0.376 e. The molecule has 8 heteroatoms. The van der Waals surface area contributed by atoms with Crippen LogP contribution in [-0.4, -0.2) is 49.2 Å². The Bertz CT molecular complexity index is 1600. The number of hydrogen-bond acceptors (Lipinski definition) is 6. The molecule has 2 N–H and O–H groups in total. The number of H-pyrrole nitrogens is 2. The van der Waals surface area contributed by atoms with Crippen molar-refractivity contribution >= 4 is 27.6 Å². The number of benzene rings is 1. The Morgan fingerprint density at radius 1 is 0.848 bits per heavy atom. The van der Waals surface area contributed by atoms with E-state index in [0.717, 1.165) is 55.7 Å². The minimum atomic E-state index is 0.704. The van der Waals surface area contributed by atoms with Crippen molar-refractivity contribution in [2.45, 2.75) is 0 Å². The Balaban J connectivity index is 1.48. The highest BCUT2D eigenvalue weighted by Gasteiger charge is 2.16. The lowest BCUT2D eigenvalue weighted by Crippen LogP contribution is -2.08. The number of aromatic nitrogens is 7. The number of anilines is 1. The van der Waals surface area contributed by atoms with E-state index >= 15 is 0 Å². The van der Waals surface area contributed by atoms with Crippen LogP contribution in [0.15, 0.2) is 73.4 Å². The number of hydrogen-bond donors (Lipinski definition) is 2. The molecule has 0 saturated carbocycles. The molecule has 0 aliphatic heterocycles. The second kappa shape index (κ2) is 7.52. The predicted octanol–water partition coefficient (Wildman–Crippen LogP) is 4.69. The van der Waals surface area contributed by atoms with Gasteiger partial charge in [0.25, 0.3) is 0 Å². The van der Waals surface area contributed by atoms with E-state index in [1.165, 1.54) is 0 Å². The maximum absolute atomic E-state index is 4.92. The van der Waals surface area contributed by atoms with E-state index in [1.54, 1.807) is 18.6 Å². The molecule has 5 aromatic heterocycles. The molecule has 0 bridgehead atoms. The molecule has 6 aromatic rings. The van der Waals surface area contributed by atoms with E-state index in [1.807, 2.05) is 61.7 Å². The van der Waals surface area contributed by atoms with Gasteiger partial charge in [-0.1, -0.05) is 12.1 Å². The molecule has 33 heavy (non-hydrogen) atoms. The maximum Gasteiger partial charge on any atom is 0.159 e. The van der Waals surface area contributed by atoms with Crippen LogP contribution in [-0.2, 0) is 0 Å². The molecule has 8 nitrogen and oxygen atoms in total. The fraction of sp³-hybridized carbons (Fsp3) is 0.0800. The van der Waals surface area contributed by atoms with E-state index in [0.29, 0.717) is 5.82 Å². The summed E-state index contributed by atoms with van der Waals surface area (Å²) in [6.45, 7) is 0. The standard InChI is InChI=1S/C25H20N8/c1-33(2)17-10-16(12-27-13-17)21-11-19-22(14-28-21)31-32-24(19)25-29-20-5-3-4-18(23(20)30-25)15-6-8-26-9-7-15/h3-14H,1-2H3,(H,29,30)(H,31,32). The van der Waals surface area contributed by atoms with Gasteiger partial charge < -0.3 is 9.88 Å². The third-order valence-electron chi connectivity index (χ3n) is 5.71. The molecule has 0 unspecified atom stereocenters. The summed E-state index contributed by atoms with van der Waals surface area (Å²) in [7, 11) is 3.99. The van der Waals surface area contributed by atoms with Crippen LogP contribution in [0.2, 0.25) is 0 Å². The molecule has 1 aromatic carbocycles. The average Bonchev–Trinajstić information content (AvgIpc) is 3.48. The van der Waals surface area contributed by atoms with Gasteiger partial charge in [-0.2, -0.15) is 5.10 Å². The molecule has 0 aliphatic rings. The van der Waals surface area contributed by atoms with Crippen molar-refractivity contribution in [3.8, 4) is 33.9 Å². The molecule has 0 spiro atoms. The lowest BCUT2D eigenvalue weighted by Gasteiger charge is -2.12. The molecule has 0 saturated heterocycles. The third kappa shape index (κ3) is 3.28. The summed E-state index contributed by atoms with van der Waals surface area (Å²) in [5.41, 5.74) is 8.35. The third-order valence-corrected chi connectivity index (χ3v) is 5.71. The molecule has 0 atom stereocenters. The highest BCUT2D eigenvalue weighted by atomic mass is 15.1. The van der Waals surface area contributed by atoms with E-state index < -0.39 is 0 Å². The molecular formula is C25H20N8. The zero-order valence-electron chi connectivity index (χ0n) is 18.1. The van der Waals surface area contributed by atoms with Crippen LogP contribution in [0.1, 0.15) is 0 Å². The monoisotopic (exact) mass is 432 g/mol. The smallest absolute Gasteiger partial charge is 0.159 e. The van der Waals surface area contributed by atoms with Crippen molar-refractivity contribution in [1.82, 2.24) is 35.1 Å². The van der Waals surface area contributed by atoms with Crippen molar-refractivity contribution in [3.05, 3.63) is 73.4 Å². The summed E-state index contributed by atoms with van der Waals surface area (Å²) >= 11 is 0. The Kier molecular flexibility index (Phi) is 4.36. The number of nitrogens with one attached hydrogen (secondary N) is 2. The Hall–Kier alpha value is -4.59. The van der Waals surface area contributed by atoms with Crippen molar-refractivity contribution < 1.29 is 0 Å². The quantitative estimate of drug-likeness (QED) is 0.419. The SMILES string of the molecule is CN(C)c1cncc(-c2cc3c(-c4nc5c(-c6ccncc6)cccc5[nH]4)n[nH]c3cn2)c1. The van der Waals surface area contributed by atoms with Gasteiger partial charge in [0.2, 0.25) is 0 Å². The normalized spacial score (nSPS) is 11.3. The van der Waals surface area contributed by atoms with Crippen molar-refractivity contribution in [1.29, 1.82) is 0 Å². The fourth-order valence-electron chi connectivity index (χ4n) is 3.98. The molecule has 5 heterocycles. The number of imidazole rings is 1. The second-order valence-corrected chi connectivity index (χ2v) is 8.04. The van der Waals surface area contributed by atoms with Gasteiger partial charge in [-0.25, -0.2) is 4.98 Å². The van der Waals surface area contributed by atoms with Crippen molar-refractivity contribution in [2.24, 2.45) is 0 Å². The minimum absolute atomic E-state index is 0.704. The predicted molar refractivity (Wildman–Crippen MR) is 130 cm³/mol. The fourth-order valence-corrected chi connectivity index (χ4v) is 3.98. The first-order valence-corrected chi connectivity index (χ1v) is 10.5. The Labute approximate surface area is 189 Å². The number of aromatic amines is 2. The Morgan fingerprint density at radius 2 is 1.73 bits per heavy atom. The molecule has 0 fully saturated rings. The van der Waals surface area contributed by atoms with E-state index in [9.17, 15) is 0 Å². The van der Waals surface area contributed by atoms with Gasteiger partial charge >= 0.3 is 0 Å². The van der Waals surface area contributed by atoms with Crippen LogP contribution < -0.4 is 4.90 Å². The highest BCUT2D eigenvalue weighted by molar-refractivity contribution is 5.97. The summed E-state index contributed by atoms with van der Waals surface area (Å²) < 4.78 is 0. The van der Waals surface area contributed by atoms with E-state index in [2.05, 4.69) is 42.3 Å². The summed E-state index contributed by atoms with van der Waals surface area (Å²) in [5.74, 6) is 0.704. The second-order valence-electron chi connectivity index (χ2n) is 8.04. The topological polar surface area (TPSA) is 99.3 Å². The zero-order valence-corrected chi connectivity index (χ0v) is 18.1. The molecule has 6 rings (SSSR count). The van der Waals surface area contributed by atoms with Crippen LogP contribution in [0.25, 0.3) is 55.8 Å². The van der Waals surface area contributed by atoms with Gasteiger partial charge in [-0.3, -0.25) is 20.1 Å². The Morgan fingerprint density at radius 3 is 2.58 bits per heavy atom. The van der Waals surface area contributed by atoms with Gasteiger partial charge in [-0.05, 0) is 35.9 Å². The summed E-state index contributed by atoms with van der Waals surface area (Å²) in [4.78, 5) is 23.5. The van der Waals surface area contributed by atoms with Crippen LogP contribution in [0, 0.1) is 0 Å². The van der Waals surface area contributed by atoms with Crippen LogP contribution in [0.5, 0.6) is 0 Å². The first kappa shape index (κ1) is 19.1. The number of para-hydroxylation sites is 1. The van der Waals surface area contributed by atoms with Crippen LogP contribution in [0.3, 0.4) is 0 Å². The number of rotatable bonds is 4. The lowest BCUT2D eigenvalue weighted by molar-refractivity contribution is 1.10. The molecule has 0 amide bonds. The first-order valence-electron chi connectivity index (χ1n) is 10.5. The number of nitrogens with zero attached hydrogens (tertiary/aromatic N) is 6. The summed E-state index contributed by atoms with van der Waals surface area (Å²) in [6, 6.07) is 14.2. The molecule has 160 valence electrons. The minimum Gasteiger partial charge on any atom is -0.376 e. The van der Waals surface area contributed by atoms with Crippen LogP contribution >= 0.6 is 0 Å². The van der Waals surface area contributed by atoms with Crippen molar-refractivity contribution in [2.75, 3.05) is 19.0 Å². The number of fused-ring (bicyclic) bond motifs is 2. The van der Waals surface area contributed by atoms with Gasteiger partial charge in [0, 0.05) is 49.2 Å². The maximum atomic E-state index is 4.92. The lowest BCUT2D eigenvalue weighted by atomic mass is 10.1. The highest BCUT2D eigenvalue weighted by Crippen LogP contribution is 2.32. The van der Waals surface area contributed by atoms with Crippen LogP contribution in [0.4, 0.5) is 5.69 Å². The average molecular weight is 432 g/mol. The summed E-state index contributed by atoms with van der Waals surface area (Å²) in [6.07, 6.45) is 9.03. The van der Waals surface area contributed by atoms with E-state index in [4.69, 9.17) is 4.98 Å². The van der Waals surface area contributed by atoms with E-state index in [-0.39, 0.29) is 0 Å². The molecule has 0 aliphatic carbocycles. The van der Waals surface area contributed by atoms with Gasteiger partial charge in [0.15, 0.2) is 5.82 Å². The van der Waals surface area contributed by atoms with Gasteiger partial charge in [0.1, 0.15) is 5.69 Å². The zero-order chi connectivity index (χ0) is 22.4. The van der Waals surface area contributed by atoms with Gasteiger partial charge in [-0.15, -0.1) is 0 Å². The van der Waals surface area contributed by atoms with Crippen molar-refractivity contribution in [3.63, 3.8) is 0 Å². The first-order chi connectivity index (χ1) is 16.2. The van der Waals surface area contributed by atoms with Gasteiger partial charge in [0.05, 0.1) is 40.3 Å².